The average Bonchev–Trinajstić information content (AvgIpc) is 2.33. The minimum atomic E-state index is -0.850. The molecule has 0 fully saturated rings. The van der Waals surface area contributed by atoms with Gasteiger partial charge in [-0.05, 0) is 51.5 Å². The Morgan fingerprint density at radius 3 is 2.10 bits per heavy atom. The zero-order chi connectivity index (χ0) is 16.5. The van der Waals surface area contributed by atoms with Crippen molar-refractivity contribution in [3.63, 3.8) is 0 Å². The van der Waals surface area contributed by atoms with E-state index in [4.69, 9.17) is 10.5 Å². The molecule has 126 valence electrons. The number of ether oxygens (including phenoxy) is 1. The lowest BCUT2D eigenvalue weighted by atomic mass is 9.96. The van der Waals surface area contributed by atoms with Crippen LogP contribution in [0, 0.1) is 11.8 Å². The number of unbranched alkanes of at least 4 members (excludes halogenated alkanes) is 1. The summed E-state index contributed by atoms with van der Waals surface area (Å²) in [7, 11) is 0. The van der Waals surface area contributed by atoms with E-state index in [-0.39, 0.29) is 5.97 Å². The molecule has 1 unspecified atom stereocenters. The fourth-order valence-corrected chi connectivity index (χ4v) is 2.52. The van der Waals surface area contributed by atoms with E-state index < -0.39 is 5.54 Å². The Bertz CT molecular complexity index is 279. The van der Waals surface area contributed by atoms with Crippen LogP contribution in [0.2, 0.25) is 0 Å². The van der Waals surface area contributed by atoms with Gasteiger partial charge in [0.25, 0.3) is 0 Å². The van der Waals surface area contributed by atoms with Gasteiger partial charge >= 0.3 is 5.97 Å². The highest BCUT2D eigenvalue weighted by Crippen LogP contribution is 2.14. The largest absolute Gasteiger partial charge is 0.465 e. The third kappa shape index (κ3) is 9.86. The molecule has 0 saturated heterocycles. The second-order valence-electron chi connectivity index (χ2n) is 7.14. The zero-order valence-electron chi connectivity index (χ0n) is 14.9. The van der Waals surface area contributed by atoms with Gasteiger partial charge in [0.15, 0.2) is 0 Å². The summed E-state index contributed by atoms with van der Waals surface area (Å²) >= 11 is 0. The van der Waals surface area contributed by atoms with Gasteiger partial charge in [-0.25, -0.2) is 0 Å². The second-order valence-corrected chi connectivity index (χ2v) is 7.14. The fraction of sp³-hybridized carbons (Fsp3) is 0.941. The van der Waals surface area contributed by atoms with Crippen LogP contribution in [0.1, 0.15) is 60.8 Å². The number of nitrogens with zero attached hydrogens (tertiary/aromatic N) is 1. The smallest absolute Gasteiger partial charge is 0.325 e. The van der Waals surface area contributed by atoms with Crippen LogP contribution in [0.3, 0.4) is 0 Å². The summed E-state index contributed by atoms with van der Waals surface area (Å²) in [5.74, 6) is 1.08. The minimum Gasteiger partial charge on any atom is -0.465 e. The molecule has 1 atom stereocenters. The molecular weight excluding hydrogens is 264 g/mol. The Morgan fingerprint density at radius 2 is 1.67 bits per heavy atom. The van der Waals surface area contributed by atoms with Crippen molar-refractivity contribution in [3.8, 4) is 0 Å². The first-order valence-electron chi connectivity index (χ1n) is 8.37. The van der Waals surface area contributed by atoms with Gasteiger partial charge in [0.1, 0.15) is 5.54 Å². The second kappa shape index (κ2) is 10.2. The van der Waals surface area contributed by atoms with E-state index >= 15 is 0 Å². The summed E-state index contributed by atoms with van der Waals surface area (Å²) in [5.41, 5.74) is 5.19. The monoisotopic (exact) mass is 300 g/mol. The number of nitrogens with two attached hydrogens (primary N) is 1. The van der Waals surface area contributed by atoms with E-state index in [1.54, 1.807) is 6.92 Å². The molecule has 0 amide bonds. The molecule has 0 aromatic carbocycles. The van der Waals surface area contributed by atoms with Crippen LogP contribution in [0.4, 0.5) is 0 Å². The number of rotatable bonds is 11. The van der Waals surface area contributed by atoms with Gasteiger partial charge in [-0.2, -0.15) is 0 Å². The van der Waals surface area contributed by atoms with E-state index in [1.807, 2.05) is 6.92 Å². The highest BCUT2D eigenvalue weighted by atomic mass is 16.5. The van der Waals surface area contributed by atoms with Crippen LogP contribution in [0.5, 0.6) is 0 Å². The quantitative estimate of drug-likeness (QED) is 0.471. The van der Waals surface area contributed by atoms with E-state index in [2.05, 4.69) is 32.6 Å². The van der Waals surface area contributed by atoms with Crippen molar-refractivity contribution in [2.24, 2.45) is 17.6 Å². The maximum absolute atomic E-state index is 11.7. The van der Waals surface area contributed by atoms with Crippen LogP contribution < -0.4 is 5.73 Å². The SMILES string of the molecule is CCOC(=O)C(C)(N)CCCCN(CC(C)C)CC(C)C. The topological polar surface area (TPSA) is 55.6 Å². The molecule has 0 aliphatic heterocycles. The molecule has 0 radical (unpaired) electrons. The number of hydrogen-bond donors (Lipinski definition) is 1. The zero-order valence-corrected chi connectivity index (χ0v) is 14.9. The first-order chi connectivity index (χ1) is 9.69. The molecule has 2 N–H and O–H groups in total. The number of carbonyl (C=O) groups excluding carboxylic acids is 1. The Morgan fingerprint density at radius 1 is 1.14 bits per heavy atom. The third-order valence-corrected chi connectivity index (χ3v) is 3.41. The molecule has 0 bridgehead atoms. The minimum absolute atomic E-state index is 0.286. The first kappa shape index (κ1) is 20.4. The Labute approximate surface area is 131 Å². The van der Waals surface area contributed by atoms with Crippen molar-refractivity contribution in [2.45, 2.75) is 66.3 Å². The third-order valence-electron chi connectivity index (χ3n) is 3.41. The van der Waals surface area contributed by atoms with Gasteiger partial charge in [0.2, 0.25) is 0 Å². The normalized spacial score (nSPS) is 14.8. The molecule has 0 aliphatic carbocycles. The molecule has 0 heterocycles. The van der Waals surface area contributed by atoms with Crippen LogP contribution in [0.25, 0.3) is 0 Å². The molecule has 0 rings (SSSR count). The van der Waals surface area contributed by atoms with Crippen LogP contribution in [-0.4, -0.2) is 42.6 Å². The first-order valence-corrected chi connectivity index (χ1v) is 8.37. The lowest BCUT2D eigenvalue weighted by Gasteiger charge is -2.27. The molecule has 0 saturated carbocycles. The number of carbonyl (C=O) groups is 1. The molecule has 0 aromatic heterocycles. The molecule has 21 heavy (non-hydrogen) atoms. The number of esters is 1. The summed E-state index contributed by atoms with van der Waals surface area (Å²) in [6.07, 6.45) is 2.72. The van der Waals surface area contributed by atoms with E-state index in [0.717, 1.165) is 32.5 Å². The Hall–Kier alpha value is -0.610. The Balaban J connectivity index is 4.11. The van der Waals surface area contributed by atoms with E-state index in [0.29, 0.717) is 24.9 Å². The molecular formula is C17H36N2O2. The summed E-state index contributed by atoms with van der Waals surface area (Å²) in [5, 5.41) is 0. The summed E-state index contributed by atoms with van der Waals surface area (Å²) in [4.78, 5) is 14.2. The molecule has 4 nitrogen and oxygen atoms in total. The van der Waals surface area contributed by atoms with Crippen LogP contribution in [0.15, 0.2) is 0 Å². The summed E-state index contributed by atoms with van der Waals surface area (Å²) in [6, 6.07) is 0. The van der Waals surface area contributed by atoms with Crippen molar-refractivity contribution in [2.75, 3.05) is 26.2 Å². The Kier molecular flexibility index (Phi) is 9.88. The van der Waals surface area contributed by atoms with Gasteiger partial charge in [0.05, 0.1) is 6.61 Å². The van der Waals surface area contributed by atoms with Crippen molar-refractivity contribution in [1.29, 1.82) is 0 Å². The molecule has 4 heteroatoms. The van der Waals surface area contributed by atoms with Gasteiger partial charge in [-0.1, -0.05) is 27.7 Å². The van der Waals surface area contributed by atoms with Gasteiger partial charge in [-0.15, -0.1) is 0 Å². The van der Waals surface area contributed by atoms with Crippen LogP contribution >= 0.6 is 0 Å². The van der Waals surface area contributed by atoms with Crippen molar-refractivity contribution in [3.05, 3.63) is 0 Å². The maximum Gasteiger partial charge on any atom is 0.325 e. The van der Waals surface area contributed by atoms with Crippen LogP contribution in [-0.2, 0) is 9.53 Å². The summed E-state index contributed by atoms with van der Waals surface area (Å²) in [6.45, 7) is 16.3. The molecule has 0 aliphatic rings. The predicted molar refractivity (Wildman–Crippen MR) is 89.2 cm³/mol. The van der Waals surface area contributed by atoms with Crippen molar-refractivity contribution < 1.29 is 9.53 Å². The highest BCUT2D eigenvalue weighted by molar-refractivity contribution is 5.79. The van der Waals surface area contributed by atoms with Crippen molar-refractivity contribution >= 4 is 5.97 Å². The predicted octanol–water partition coefficient (Wildman–Crippen LogP) is 3.05. The lowest BCUT2D eigenvalue weighted by Crippen LogP contribution is -2.46. The molecule has 0 spiro atoms. The standard InChI is InChI=1S/C17H36N2O2/c1-7-21-16(20)17(6,18)10-8-9-11-19(12-14(2)3)13-15(4)5/h14-15H,7-13,18H2,1-6H3. The fourth-order valence-electron chi connectivity index (χ4n) is 2.52. The van der Waals surface area contributed by atoms with Gasteiger partial charge < -0.3 is 15.4 Å². The molecule has 0 aromatic rings. The van der Waals surface area contributed by atoms with Crippen molar-refractivity contribution in [1.82, 2.24) is 4.90 Å². The average molecular weight is 300 g/mol. The van der Waals surface area contributed by atoms with E-state index in [1.165, 1.54) is 0 Å². The number of hydrogen-bond acceptors (Lipinski definition) is 4. The lowest BCUT2D eigenvalue weighted by molar-refractivity contribution is -0.149. The van der Waals surface area contributed by atoms with Gasteiger partial charge in [0, 0.05) is 13.1 Å². The summed E-state index contributed by atoms with van der Waals surface area (Å²) < 4.78 is 5.02. The van der Waals surface area contributed by atoms with E-state index in [9.17, 15) is 4.79 Å². The highest BCUT2D eigenvalue weighted by Gasteiger charge is 2.29. The van der Waals surface area contributed by atoms with Gasteiger partial charge in [-0.3, -0.25) is 4.79 Å². The maximum atomic E-state index is 11.7.